The van der Waals surface area contributed by atoms with Gasteiger partial charge in [-0.25, -0.2) is 0 Å². The maximum Gasteiger partial charge on any atom is 0.0910 e. The summed E-state index contributed by atoms with van der Waals surface area (Å²) in [4.78, 5) is 0. The number of fused-ring (bicyclic) bond motifs is 5. The molecule has 0 aromatic rings. The van der Waals surface area contributed by atoms with E-state index in [1.54, 1.807) is 7.11 Å². The molecule has 4 aliphatic carbocycles. The first-order valence-corrected chi connectivity index (χ1v) is 16.2. The molecule has 0 heterocycles. The van der Waals surface area contributed by atoms with Crippen LogP contribution in [-0.2, 0) is 9.47 Å². The largest absolute Gasteiger partial charge is 0.387 e. The number of hydrogen-bond donors (Lipinski definition) is 1. The minimum Gasteiger partial charge on any atom is -0.387 e. The highest BCUT2D eigenvalue weighted by Crippen LogP contribution is 2.76. The molecule has 0 saturated heterocycles. The predicted molar refractivity (Wildman–Crippen MR) is 159 cm³/mol. The lowest BCUT2D eigenvalue weighted by molar-refractivity contribution is -0.235. The van der Waals surface area contributed by atoms with Crippen molar-refractivity contribution in [1.82, 2.24) is 0 Å². The molecule has 5 unspecified atom stereocenters. The van der Waals surface area contributed by atoms with Gasteiger partial charge in [0.2, 0.25) is 0 Å². The second kappa shape index (κ2) is 10.8. The highest BCUT2D eigenvalue weighted by molar-refractivity contribution is 5.18. The zero-order chi connectivity index (χ0) is 28.1. The summed E-state index contributed by atoms with van der Waals surface area (Å²) < 4.78 is 12.2. The fourth-order valence-electron chi connectivity index (χ4n) is 11.3. The summed E-state index contributed by atoms with van der Waals surface area (Å²) in [5.74, 6) is 2.44. The standard InChI is InChI=1S/C35H62O3/c1-24(2)13-11-12-19-35(36,23-37-10)27-16-21-33(8)26(27)14-15-29-32(7)20-18-30(38-25(3)4)31(5,6)28(32)17-22-34(29,33)9/h13,25-30,36H,11-12,14-23H2,1-10H3/t26-,27?,28?,29?,30+,32+,33?,34-,35?/m1/s1. The van der Waals surface area contributed by atoms with Crippen molar-refractivity contribution in [3.8, 4) is 0 Å². The van der Waals surface area contributed by atoms with Crippen molar-refractivity contribution in [1.29, 1.82) is 0 Å². The van der Waals surface area contributed by atoms with E-state index in [2.05, 4.69) is 68.4 Å². The fourth-order valence-corrected chi connectivity index (χ4v) is 11.3. The second-order valence-corrected chi connectivity index (χ2v) is 16.1. The number of hydrogen-bond acceptors (Lipinski definition) is 3. The van der Waals surface area contributed by atoms with Crippen LogP contribution >= 0.6 is 0 Å². The van der Waals surface area contributed by atoms with Gasteiger partial charge in [-0.15, -0.1) is 0 Å². The van der Waals surface area contributed by atoms with Crippen molar-refractivity contribution in [2.45, 2.75) is 151 Å². The van der Waals surface area contributed by atoms with E-state index < -0.39 is 5.60 Å². The van der Waals surface area contributed by atoms with Crippen molar-refractivity contribution < 1.29 is 14.6 Å². The SMILES string of the molecule is COCC(O)(CCCC=C(C)C)C1CCC2(C)[C@@H]1CCC1[C@@]3(C)CC[C@H](OC(C)C)C(C)(C)C3CC[C@]12C. The summed E-state index contributed by atoms with van der Waals surface area (Å²) in [7, 11) is 1.77. The normalized spacial score (nSPS) is 43.6. The van der Waals surface area contributed by atoms with E-state index in [1.165, 1.54) is 50.5 Å². The molecule has 4 fully saturated rings. The van der Waals surface area contributed by atoms with Crippen molar-refractivity contribution >= 4 is 0 Å². The topological polar surface area (TPSA) is 38.7 Å². The average molecular weight is 531 g/mol. The van der Waals surface area contributed by atoms with E-state index in [0.29, 0.717) is 46.9 Å². The molecule has 3 heteroatoms. The molecule has 0 aromatic carbocycles. The quantitative estimate of drug-likeness (QED) is 0.239. The van der Waals surface area contributed by atoms with Crippen LogP contribution in [0.5, 0.6) is 0 Å². The Morgan fingerprint density at radius 1 is 0.921 bits per heavy atom. The zero-order valence-corrected chi connectivity index (χ0v) is 26.8. The number of ether oxygens (including phenoxy) is 2. The maximum absolute atomic E-state index is 12.2. The molecule has 38 heavy (non-hydrogen) atoms. The molecule has 0 spiro atoms. The van der Waals surface area contributed by atoms with Crippen molar-refractivity contribution in [3.05, 3.63) is 11.6 Å². The Kier molecular flexibility index (Phi) is 8.68. The van der Waals surface area contributed by atoms with Gasteiger partial charge in [-0.3, -0.25) is 0 Å². The lowest BCUT2D eigenvalue weighted by Crippen LogP contribution is -2.64. The Balaban J connectivity index is 1.58. The van der Waals surface area contributed by atoms with Gasteiger partial charge in [-0.2, -0.15) is 0 Å². The smallest absolute Gasteiger partial charge is 0.0910 e. The number of rotatable bonds is 9. The average Bonchev–Trinajstić information content (AvgIpc) is 3.18. The van der Waals surface area contributed by atoms with Gasteiger partial charge < -0.3 is 14.6 Å². The first kappa shape index (κ1) is 30.6. The molecule has 9 atom stereocenters. The molecular formula is C35H62O3. The predicted octanol–water partition coefficient (Wildman–Crippen LogP) is 8.98. The molecule has 4 saturated carbocycles. The first-order chi connectivity index (χ1) is 17.7. The van der Waals surface area contributed by atoms with Gasteiger partial charge in [0.15, 0.2) is 0 Å². The van der Waals surface area contributed by atoms with Gasteiger partial charge in [-0.1, -0.05) is 46.3 Å². The number of methoxy groups -OCH3 is 1. The lowest BCUT2D eigenvalue weighted by Gasteiger charge is -2.70. The maximum atomic E-state index is 12.2. The Hall–Kier alpha value is -0.380. The van der Waals surface area contributed by atoms with Crippen LogP contribution in [0.2, 0.25) is 0 Å². The summed E-state index contributed by atoms with van der Waals surface area (Å²) in [6.45, 7) is 22.3. The minimum absolute atomic E-state index is 0.221. The van der Waals surface area contributed by atoms with Gasteiger partial charge in [0.25, 0.3) is 0 Å². The Bertz CT molecular complexity index is 857. The molecule has 0 amide bonds. The van der Waals surface area contributed by atoms with Gasteiger partial charge in [0.05, 0.1) is 24.4 Å². The molecule has 220 valence electrons. The van der Waals surface area contributed by atoms with Gasteiger partial charge >= 0.3 is 0 Å². The van der Waals surface area contributed by atoms with Crippen LogP contribution in [0.3, 0.4) is 0 Å². The Labute approximate surface area is 235 Å². The fraction of sp³-hybridized carbons (Fsp3) is 0.943. The number of aliphatic hydroxyl groups is 1. The highest BCUT2D eigenvalue weighted by atomic mass is 16.5. The van der Waals surface area contributed by atoms with E-state index in [-0.39, 0.29) is 5.41 Å². The van der Waals surface area contributed by atoms with E-state index in [9.17, 15) is 5.11 Å². The molecule has 0 bridgehead atoms. The molecule has 1 N–H and O–H groups in total. The first-order valence-electron chi connectivity index (χ1n) is 16.2. The molecule has 3 nitrogen and oxygen atoms in total. The monoisotopic (exact) mass is 530 g/mol. The van der Waals surface area contributed by atoms with Gasteiger partial charge in [0.1, 0.15) is 0 Å². The van der Waals surface area contributed by atoms with Crippen molar-refractivity contribution in [2.24, 2.45) is 45.3 Å². The van der Waals surface area contributed by atoms with Crippen molar-refractivity contribution in [2.75, 3.05) is 13.7 Å². The van der Waals surface area contributed by atoms with Crippen LogP contribution in [-0.4, -0.2) is 36.6 Å². The van der Waals surface area contributed by atoms with Crippen LogP contribution in [0, 0.1) is 45.3 Å². The molecular weight excluding hydrogens is 468 g/mol. The third kappa shape index (κ3) is 4.87. The summed E-state index contributed by atoms with van der Waals surface area (Å²) >= 11 is 0. The van der Waals surface area contributed by atoms with Crippen LogP contribution in [0.15, 0.2) is 11.6 Å². The zero-order valence-electron chi connectivity index (χ0n) is 26.8. The van der Waals surface area contributed by atoms with Crippen LogP contribution in [0.25, 0.3) is 0 Å². The number of unbranched alkanes of at least 4 members (excludes halogenated alkanes) is 1. The lowest BCUT2D eigenvalue weighted by atomic mass is 9.35. The minimum atomic E-state index is -0.703. The van der Waals surface area contributed by atoms with Gasteiger partial charge in [0, 0.05) is 7.11 Å². The van der Waals surface area contributed by atoms with Crippen LogP contribution in [0.4, 0.5) is 0 Å². The van der Waals surface area contributed by atoms with Crippen molar-refractivity contribution in [3.63, 3.8) is 0 Å². The van der Waals surface area contributed by atoms with E-state index in [0.717, 1.165) is 37.5 Å². The highest BCUT2D eigenvalue weighted by Gasteiger charge is 2.69. The molecule has 0 aromatic heterocycles. The third-order valence-corrected chi connectivity index (χ3v) is 13.2. The second-order valence-electron chi connectivity index (χ2n) is 16.1. The van der Waals surface area contributed by atoms with E-state index >= 15 is 0 Å². The van der Waals surface area contributed by atoms with Crippen LogP contribution < -0.4 is 0 Å². The summed E-state index contributed by atoms with van der Waals surface area (Å²) in [6, 6.07) is 0. The number of allylic oxidation sites excluding steroid dienone is 2. The molecule has 0 radical (unpaired) electrons. The third-order valence-electron chi connectivity index (χ3n) is 13.2. The molecule has 0 aliphatic heterocycles. The Morgan fingerprint density at radius 2 is 1.61 bits per heavy atom. The van der Waals surface area contributed by atoms with Crippen LogP contribution in [0.1, 0.15) is 133 Å². The summed E-state index contributed by atoms with van der Waals surface area (Å²) in [5, 5.41) is 12.2. The van der Waals surface area contributed by atoms with E-state index in [4.69, 9.17) is 9.47 Å². The molecule has 4 aliphatic rings. The molecule has 4 rings (SSSR count). The summed E-state index contributed by atoms with van der Waals surface area (Å²) in [5.41, 5.74) is 1.91. The Morgan fingerprint density at radius 3 is 2.24 bits per heavy atom. The summed E-state index contributed by atoms with van der Waals surface area (Å²) in [6.07, 6.45) is 16.1. The van der Waals surface area contributed by atoms with Gasteiger partial charge in [-0.05, 0) is 144 Å². The van der Waals surface area contributed by atoms with E-state index in [1.807, 2.05) is 0 Å².